The fraction of sp³-hybridized carbons (Fsp3) is 0.294. The third-order valence-electron chi connectivity index (χ3n) is 3.63. The van der Waals surface area contributed by atoms with Gasteiger partial charge in [0.05, 0.1) is 11.5 Å². The van der Waals surface area contributed by atoms with E-state index in [0.29, 0.717) is 40.5 Å². The first-order valence-corrected chi connectivity index (χ1v) is 8.81. The predicted molar refractivity (Wildman–Crippen MR) is 97.2 cm³/mol. The van der Waals surface area contributed by atoms with E-state index in [2.05, 4.69) is 25.3 Å². The maximum atomic E-state index is 11.6. The van der Waals surface area contributed by atoms with Gasteiger partial charge in [-0.15, -0.1) is 0 Å². The number of carbonyl (C=O) groups excluding carboxylic acids is 1. The fourth-order valence-electron chi connectivity index (χ4n) is 2.49. The molecule has 0 aliphatic rings. The molecule has 3 aromatic heterocycles. The van der Waals surface area contributed by atoms with E-state index >= 15 is 0 Å². The molecule has 0 bridgehead atoms. The van der Waals surface area contributed by atoms with Gasteiger partial charge in [-0.1, -0.05) is 6.92 Å². The summed E-state index contributed by atoms with van der Waals surface area (Å²) < 4.78 is 0. The molecule has 0 saturated carbocycles. The van der Waals surface area contributed by atoms with Crippen molar-refractivity contribution in [3.8, 4) is 0 Å². The number of aromatic amines is 1. The van der Waals surface area contributed by atoms with Crippen molar-refractivity contribution in [1.82, 2.24) is 19.9 Å². The molecule has 0 spiro atoms. The number of aldehydes is 1. The highest BCUT2D eigenvalue weighted by molar-refractivity contribution is 7.99. The van der Waals surface area contributed by atoms with Gasteiger partial charge in [-0.2, -0.15) is 0 Å². The number of hydrogen-bond donors (Lipinski definition) is 3. The van der Waals surface area contributed by atoms with Crippen LogP contribution in [0.1, 0.15) is 29.9 Å². The zero-order valence-corrected chi connectivity index (χ0v) is 14.8. The Morgan fingerprint density at radius 2 is 2.28 bits per heavy atom. The van der Waals surface area contributed by atoms with Gasteiger partial charge >= 0.3 is 0 Å². The van der Waals surface area contributed by atoms with Crippen LogP contribution in [-0.4, -0.2) is 44.0 Å². The maximum Gasteiger partial charge on any atom is 0.196 e. The Morgan fingerprint density at radius 1 is 1.44 bits per heavy atom. The highest BCUT2D eigenvalue weighted by Gasteiger charge is 2.18. The SMILES string of the molecule is CCc1[nH]c2nc(Sc3cccnc3)nc(NCC(C)O)c2c1C=O. The number of aliphatic hydroxyl groups excluding tert-OH is 1. The molecule has 3 aromatic rings. The molecule has 3 rings (SSSR count). The van der Waals surface area contributed by atoms with E-state index in [1.165, 1.54) is 11.8 Å². The topological polar surface area (TPSA) is 104 Å². The summed E-state index contributed by atoms with van der Waals surface area (Å²) in [7, 11) is 0. The van der Waals surface area contributed by atoms with E-state index in [-0.39, 0.29) is 0 Å². The van der Waals surface area contributed by atoms with Crippen LogP contribution >= 0.6 is 11.8 Å². The van der Waals surface area contributed by atoms with Crippen LogP contribution in [0.5, 0.6) is 0 Å². The van der Waals surface area contributed by atoms with Crippen molar-refractivity contribution in [2.75, 3.05) is 11.9 Å². The normalized spacial score (nSPS) is 12.3. The molecular formula is C17H19N5O2S. The molecule has 3 heterocycles. The number of hydrogen-bond acceptors (Lipinski definition) is 7. The molecule has 0 aliphatic carbocycles. The molecule has 0 amide bonds. The van der Waals surface area contributed by atoms with Gasteiger partial charge in [-0.25, -0.2) is 9.97 Å². The number of pyridine rings is 1. The summed E-state index contributed by atoms with van der Waals surface area (Å²) in [6.07, 6.45) is 4.42. The van der Waals surface area contributed by atoms with Crippen LogP contribution in [0.25, 0.3) is 11.0 Å². The quantitative estimate of drug-likeness (QED) is 0.441. The number of nitrogens with one attached hydrogen (secondary N) is 2. The van der Waals surface area contributed by atoms with Crippen molar-refractivity contribution in [3.05, 3.63) is 35.8 Å². The molecule has 0 saturated heterocycles. The lowest BCUT2D eigenvalue weighted by atomic mass is 10.1. The first kappa shape index (κ1) is 17.4. The van der Waals surface area contributed by atoms with Gasteiger partial charge in [-0.3, -0.25) is 9.78 Å². The van der Waals surface area contributed by atoms with E-state index in [0.717, 1.165) is 16.9 Å². The van der Waals surface area contributed by atoms with Crippen LogP contribution in [-0.2, 0) is 6.42 Å². The number of aryl methyl sites for hydroxylation is 1. The average Bonchev–Trinajstić information content (AvgIpc) is 2.98. The summed E-state index contributed by atoms with van der Waals surface area (Å²) in [6.45, 7) is 3.99. The van der Waals surface area contributed by atoms with Crippen LogP contribution in [0.3, 0.4) is 0 Å². The number of H-pyrrole nitrogens is 1. The van der Waals surface area contributed by atoms with Crippen LogP contribution in [0, 0.1) is 0 Å². The maximum absolute atomic E-state index is 11.6. The highest BCUT2D eigenvalue weighted by atomic mass is 32.2. The molecule has 0 aromatic carbocycles. The monoisotopic (exact) mass is 357 g/mol. The number of fused-ring (bicyclic) bond motifs is 1. The van der Waals surface area contributed by atoms with Crippen LogP contribution in [0.2, 0.25) is 0 Å². The van der Waals surface area contributed by atoms with Gasteiger partial charge in [0.25, 0.3) is 0 Å². The Labute approximate surface area is 149 Å². The van der Waals surface area contributed by atoms with Gasteiger partial charge < -0.3 is 15.4 Å². The number of carbonyl (C=O) groups is 1. The van der Waals surface area contributed by atoms with E-state index < -0.39 is 6.10 Å². The number of aromatic nitrogens is 4. The van der Waals surface area contributed by atoms with Crippen molar-refractivity contribution >= 4 is 34.9 Å². The van der Waals surface area contributed by atoms with E-state index in [9.17, 15) is 9.90 Å². The van der Waals surface area contributed by atoms with Gasteiger partial charge in [0, 0.05) is 35.1 Å². The third kappa shape index (κ3) is 3.80. The standard InChI is InChI=1S/C17H19N5O2S/c1-3-13-12(9-23)14-15(19-7-10(2)24)21-17(22-16(14)20-13)25-11-5-4-6-18-8-11/h4-6,8-10,24H,3,7H2,1-2H3,(H2,19,20,21,22). The van der Waals surface area contributed by atoms with E-state index in [1.807, 2.05) is 19.1 Å². The summed E-state index contributed by atoms with van der Waals surface area (Å²) in [4.78, 5) is 28.9. The lowest BCUT2D eigenvalue weighted by molar-refractivity contribution is 0.112. The third-order valence-corrected chi connectivity index (χ3v) is 4.47. The number of rotatable bonds is 7. The van der Waals surface area contributed by atoms with Gasteiger partial charge in [0.1, 0.15) is 11.5 Å². The largest absolute Gasteiger partial charge is 0.392 e. The van der Waals surface area contributed by atoms with Crippen LogP contribution in [0.4, 0.5) is 5.82 Å². The molecule has 3 N–H and O–H groups in total. The molecule has 0 fully saturated rings. The predicted octanol–water partition coefficient (Wildman–Crippen LogP) is 2.67. The average molecular weight is 357 g/mol. The summed E-state index contributed by atoms with van der Waals surface area (Å²) >= 11 is 1.39. The van der Waals surface area contributed by atoms with Crippen molar-refractivity contribution < 1.29 is 9.90 Å². The lowest BCUT2D eigenvalue weighted by Crippen LogP contribution is -2.16. The van der Waals surface area contributed by atoms with Crippen molar-refractivity contribution in [2.24, 2.45) is 0 Å². The molecule has 25 heavy (non-hydrogen) atoms. The van der Waals surface area contributed by atoms with Gasteiger partial charge in [0.15, 0.2) is 11.4 Å². The van der Waals surface area contributed by atoms with Crippen molar-refractivity contribution in [2.45, 2.75) is 36.4 Å². The number of anilines is 1. The second-order valence-electron chi connectivity index (χ2n) is 5.59. The summed E-state index contributed by atoms with van der Waals surface area (Å²) in [5.41, 5.74) is 1.99. The Morgan fingerprint density at radius 3 is 2.92 bits per heavy atom. The Kier molecular flexibility index (Phi) is 5.30. The summed E-state index contributed by atoms with van der Waals surface area (Å²) in [6, 6.07) is 3.78. The zero-order valence-electron chi connectivity index (χ0n) is 14.0. The minimum atomic E-state index is -0.538. The molecular weight excluding hydrogens is 338 g/mol. The lowest BCUT2D eigenvalue weighted by Gasteiger charge is -2.10. The first-order chi connectivity index (χ1) is 12.1. The Balaban J connectivity index is 2.09. The number of nitrogens with zero attached hydrogens (tertiary/aromatic N) is 3. The Bertz CT molecular complexity index is 880. The molecule has 1 atom stereocenters. The van der Waals surface area contributed by atoms with Gasteiger partial charge in [-0.05, 0) is 37.2 Å². The Hall–Kier alpha value is -2.45. The molecule has 130 valence electrons. The minimum absolute atomic E-state index is 0.327. The first-order valence-electron chi connectivity index (χ1n) is 8.00. The van der Waals surface area contributed by atoms with Crippen LogP contribution < -0.4 is 5.32 Å². The van der Waals surface area contributed by atoms with Gasteiger partial charge in [0.2, 0.25) is 0 Å². The smallest absolute Gasteiger partial charge is 0.196 e. The van der Waals surface area contributed by atoms with E-state index in [1.54, 1.807) is 19.3 Å². The summed E-state index contributed by atoms with van der Waals surface area (Å²) in [5.74, 6) is 0.537. The molecule has 7 nitrogen and oxygen atoms in total. The number of aliphatic hydroxyl groups is 1. The van der Waals surface area contributed by atoms with E-state index in [4.69, 9.17) is 0 Å². The van der Waals surface area contributed by atoms with Crippen molar-refractivity contribution in [3.63, 3.8) is 0 Å². The molecule has 1 unspecified atom stereocenters. The molecule has 8 heteroatoms. The minimum Gasteiger partial charge on any atom is -0.392 e. The highest BCUT2D eigenvalue weighted by Crippen LogP contribution is 2.31. The second-order valence-corrected chi connectivity index (χ2v) is 6.63. The summed E-state index contributed by atoms with van der Waals surface area (Å²) in [5, 5.41) is 13.9. The second kappa shape index (κ2) is 7.62. The van der Waals surface area contributed by atoms with Crippen molar-refractivity contribution in [1.29, 1.82) is 0 Å². The molecule has 0 radical (unpaired) electrons. The van der Waals surface area contributed by atoms with Crippen LogP contribution in [0.15, 0.2) is 34.6 Å². The zero-order chi connectivity index (χ0) is 17.8. The fourth-order valence-corrected chi connectivity index (χ4v) is 3.23. The molecule has 0 aliphatic heterocycles.